The number of methoxy groups -OCH3 is 3. The Hall–Kier alpha value is -3.72. The third-order valence-electron chi connectivity index (χ3n) is 5.65. The van der Waals surface area contributed by atoms with Crippen LogP contribution in [-0.2, 0) is 21.2 Å². The van der Waals surface area contributed by atoms with E-state index in [0.29, 0.717) is 42.3 Å². The van der Waals surface area contributed by atoms with Crippen LogP contribution in [0.3, 0.4) is 0 Å². The third-order valence-corrected chi connectivity index (χ3v) is 7.44. The molecule has 3 rings (SSSR count). The van der Waals surface area contributed by atoms with Gasteiger partial charge in [-0.1, -0.05) is 29.8 Å². The Balaban J connectivity index is 1.70. The first-order chi connectivity index (χ1) is 17.3. The highest BCUT2D eigenvalue weighted by molar-refractivity contribution is 7.92. The molecule has 0 saturated heterocycles. The van der Waals surface area contributed by atoms with Gasteiger partial charge in [0.1, 0.15) is 12.3 Å². The van der Waals surface area contributed by atoms with Gasteiger partial charge in [0.05, 0.1) is 31.9 Å². The maximum absolute atomic E-state index is 13.5. The molecule has 0 radical (unpaired) electrons. The van der Waals surface area contributed by atoms with Gasteiger partial charge in [-0.15, -0.1) is 0 Å². The smallest absolute Gasteiger partial charge is 0.264 e. The molecular weight excluding hydrogens is 480 g/mol. The van der Waals surface area contributed by atoms with Gasteiger partial charge < -0.3 is 19.5 Å². The summed E-state index contributed by atoms with van der Waals surface area (Å²) in [6, 6.07) is 18.9. The summed E-state index contributed by atoms with van der Waals surface area (Å²) in [6.07, 6.45) is 1.38. The number of aryl methyl sites for hydroxylation is 2. The molecule has 0 aromatic heterocycles. The van der Waals surface area contributed by atoms with Crippen LogP contribution in [0.15, 0.2) is 71.6 Å². The van der Waals surface area contributed by atoms with Gasteiger partial charge in [0.2, 0.25) is 5.91 Å². The van der Waals surface area contributed by atoms with Crippen molar-refractivity contribution in [3.05, 3.63) is 77.9 Å². The molecule has 3 aromatic carbocycles. The van der Waals surface area contributed by atoms with Gasteiger partial charge in [0.25, 0.3) is 10.0 Å². The molecule has 1 amide bonds. The normalized spacial score (nSPS) is 11.0. The van der Waals surface area contributed by atoms with Crippen LogP contribution in [-0.4, -0.2) is 48.7 Å². The average molecular weight is 513 g/mol. The summed E-state index contributed by atoms with van der Waals surface area (Å²) in [5.41, 5.74) is 2.33. The van der Waals surface area contributed by atoms with Crippen molar-refractivity contribution in [2.75, 3.05) is 38.7 Å². The van der Waals surface area contributed by atoms with E-state index in [1.807, 2.05) is 25.1 Å². The van der Waals surface area contributed by atoms with Crippen LogP contribution in [0, 0.1) is 6.92 Å². The van der Waals surface area contributed by atoms with Crippen molar-refractivity contribution >= 4 is 21.6 Å². The van der Waals surface area contributed by atoms with E-state index in [-0.39, 0.29) is 11.4 Å². The monoisotopic (exact) mass is 512 g/mol. The molecule has 0 spiro atoms. The number of carbonyl (C=O) groups is 1. The van der Waals surface area contributed by atoms with E-state index in [2.05, 4.69) is 5.32 Å². The Morgan fingerprint density at radius 2 is 1.61 bits per heavy atom. The number of carbonyl (C=O) groups excluding carboxylic acids is 1. The summed E-state index contributed by atoms with van der Waals surface area (Å²) >= 11 is 0. The number of benzene rings is 3. The summed E-state index contributed by atoms with van der Waals surface area (Å²) in [5, 5.41) is 2.83. The van der Waals surface area contributed by atoms with Crippen LogP contribution in [0.25, 0.3) is 0 Å². The second kappa shape index (κ2) is 12.3. The molecule has 0 heterocycles. The Kier molecular flexibility index (Phi) is 9.19. The molecule has 9 heteroatoms. The van der Waals surface area contributed by atoms with E-state index in [1.54, 1.807) is 62.8 Å². The Bertz CT molecular complexity index is 1280. The highest BCUT2D eigenvalue weighted by atomic mass is 32.2. The number of nitrogens with zero attached hydrogens (tertiary/aromatic N) is 1. The highest BCUT2D eigenvalue weighted by Gasteiger charge is 2.27. The molecule has 8 nitrogen and oxygen atoms in total. The fourth-order valence-corrected chi connectivity index (χ4v) is 5.07. The summed E-state index contributed by atoms with van der Waals surface area (Å²) in [7, 11) is 0.684. The van der Waals surface area contributed by atoms with Gasteiger partial charge in [0, 0.05) is 12.6 Å². The summed E-state index contributed by atoms with van der Waals surface area (Å²) in [5.74, 6) is 1.39. The maximum atomic E-state index is 13.5. The number of amides is 1. The van der Waals surface area contributed by atoms with Crippen LogP contribution >= 0.6 is 0 Å². The molecule has 0 fully saturated rings. The Morgan fingerprint density at radius 3 is 2.28 bits per heavy atom. The zero-order valence-corrected chi connectivity index (χ0v) is 21.8. The van der Waals surface area contributed by atoms with E-state index >= 15 is 0 Å². The number of rotatable bonds is 12. The lowest BCUT2D eigenvalue weighted by molar-refractivity contribution is -0.119. The fraction of sp³-hybridized carbons (Fsp3) is 0.296. The van der Waals surface area contributed by atoms with Crippen molar-refractivity contribution in [2.45, 2.75) is 24.7 Å². The quantitative estimate of drug-likeness (QED) is 0.369. The second-order valence-electron chi connectivity index (χ2n) is 8.17. The van der Waals surface area contributed by atoms with Crippen LogP contribution in [0.2, 0.25) is 0 Å². The Morgan fingerprint density at radius 1 is 0.889 bits per heavy atom. The first kappa shape index (κ1) is 26.9. The zero-order chi connectivity index (χ0) is 26.1. The fourth-order valence-electron chi connectivity index (χ4n) is 3.66. The lowest BCUT2D eigenvalue weighted by Crippen LogP contribution is -2.41. The average Bonchev–Trinajstić information content (AvgIpc) is 2.89. The van der Waals surface area contributed by atoms with Crippen molar-refractivity contribution in [1.29, 1.82) is 0 Å². The van der Waals surface area contributed by atoms with Crippen molar-refractivity contribution in [3.8, 4) is 17.2 Å². The van der Waals surface area contributed by atoms with Crippen molar-refractivity contribution < 1.29 is 27.4 Å². The zero-order valence-electron chi connectivity index (χ0n) is 21.0. The summed E-state index contributed by atoms with van der Waals surface area (Å²) in [6.45, 7) is 1.91. The number of ether oxygens (including phenoxy) is 3. The van der Waals surface area contributed by atoms with Gasteiger partial charge >= 0.3 is 0 Å². The molecule has 0 aliphatic rings. The van der Waals surface area contributed by atoms with Gasteiger partial charge in [-0.3, -0.25) is 9.10 Å². The minimum Gasteiger partial charge on any atom is -0.497 e. The second-order valence-corrected chi connectivity index (χ2v) is 10.0. The molecule has 0 atom stereocenters. The maximum Gasteiger partial charge on any atom is 0.264 e. The molecular formula is C27H32N2O6S. The number of hydrogen-bond acceptors (Lipinski definition) is 6. The number of anilines is 1. The van der Waals surface area contributed by atoms with Crippen molar-refractivity contribution in [3.63, 3.8) is 0 Å². The largest absolute Gasteiger partial charge is 0.497 e. The Labute approximate surface area is 212 Å². The van der Waals surface area contributed by atoms with Crippen LogP contribution in [0.1, 0.15) is 17.5 Å². The number of sulfonamides is 1. The first-order valence-electron chi connectivity index (χ1n) is 11.5. The molecule has 0 bridgehead atoms. The van der Waals surface area contributed by atoms with E-state index in [1.165, 1.54) is 7.11 Å². The van der Waals surface area contributed by atoms with Crippen LogP contribution in [0.5, 0.6) is 17.2 Å². The van der Waals surface area contributed by atoms with Crippen molar-refractivity contribution in [2.24, 2.45) is 0 Å². The summed E-state index contributed by atoms with van der Waals surface area (Å²) in [4.78, 5) is 12.9. The molecule has 0 unspecified atom stereocenters. The third kappa shape index (κ3) is 6.69. The minimum atomic E-state index is -3.99. The van der Waals surface area contributed by atoms with E-state index in [0.717, 1.165) is 15.4 Å². The first-order valence-corrected chi connectivity index (χ1v) is 12.9. The van der Waals surface area contributed by atoms with E-state index in [9.17, 15) is 13.2 Å². The van der Waals surface area contributed by atoms with Gasteiger partial charge in [-0.05, 0) is 61.7 Å². The molecule has 3 aromatic rings. The van der Waals surface area contributed by atoms with Gasteiger partial charge in [-0.2, -0.15) is 0 Å². The van der Waals surface area contributed by atoms with Gasteiger partial charge in [0.15, 0.2) is 11.5 Å². The van der Waals surface area contributed by atoms with Crippen LogP contribution in [0.4, 0.5) is 5.69 Å². The number of hydrogen-bond donors (Lipinski definition) is 1. The summed E-state index contributed by atoms with van der Waals surface area (Å²) < 4.78 is 43.9. The predicted octanol–water partition coefficient (Wildman–Crippen LogP) is 3.97. The molecule has 1 N–H and O–H groups in total. The SMILES string of the molecule is COc1cccc(N(CC(=O)NCCCc2ccc(OC)c(OC)c2)S(=O)(=O)c2ccc(C)cc2)c1. The van der Waals surface area contributed by atoms with Crippen molar-refractivity contribution in [1.82, 2.24) is 5.32 Å². The standard InChI is InChI=1S/C27H32N2O6S/c1-20-10-13-24(14-11-20)36(31,32)29(22-8-5-9-23(18-22)33-2)19-27(30)28-16-6-7-21-12-15-25(34-3)26(17-21)35-4/h5,8-15,17-18H,6-7,16,19H2,1-4H3,(H,28,30). The highest BCUT2D eigenvalue weighted by Crippen LogP contribution is 2.28. The lowest BCUT2D eigenvalue weighted by atomic mass is 10.1. The molecule has 0 aliphatic carbocycles. The predicted molar refractivity (Wildman–Crippen MR) is 140 cm³/mol. The molecule has 0 aliphatic heterocycles. The number of nitrogens with one attached hydrogen (secondary N) is 1. The van der Waals surface area contributed by atoms with E-state index < -0.39 is 15.9 Å². The minimum absolute atomic E-state index is 0.108. The lowest BCUT2D eigenvalue weighted by Gasteiger charge is -2.24. The van der Waals surface area contributed by atoms with Crippen LogP contribution < -0.4 is 23.8 Å². The van der Waals surface area contributed by atoms with Gasteiger partial charge in [-0.25, -0.2) is 8.42 Å². The van der Waals surface area contributed by atoms with E-state index in [4.69, 9.17) is 14.2 Å². The topological polar surface area (TPSA) is 94.2 Å². The molecule has 36 heavy (non-hydrogen) atoms. The molecule has 0 saturated carbocycles. The molecule has 192 valence electrons.